The van der Waals surface area contributed by atoms with Crippen LogP contribution >= 0.6 is 11.6 Å². The first kappa shape index (κ1) is 29.5. The molecule has 5 N–H and O–H groups in total. The number of hydrogen-bond acceptors (Lipinski definition) is 6. The first-order chi connectivity index (χ1) is 19.9. The van der Waals surface area contributed by atoms with Crippen LogP contribution in [0.15, 0.2) is 96.6 Å². The molecule has 0 unspecified atom stereocenters. The van der Waals surface area contributed by atoms with Crippen molar-refractivity contribution in [3.05, 3.63) is 118 Å². The first-order valence-corrected chi connectivity index (χ1v) is 13.3. The summed E-state index contributed by atoms with van der Waals surface area (Å²) in [6, 6.07) is 26.1. The number of benzene rings is 4. The van der Waals surface area contributed by atoms with Crippen LogP contribution in [-0.2, 0) is 11.2 Å². The summed E-state index contributed by atoms with van der Waals surface area (Å²) in [7, 11) is 1.50. The summed E-state index contributed by atoms with van der Waals surface area (Å²) in [5, 5.41) is 11.5. The maximum atomic E-state index is 15.5. The number of hydrazine groups is 1. The molecule has 0 aliphatic heterocycles. The van der Waals surface area contributed by atoms with Crippen molar-refractivity contribution < 1.29 is 19.2 Å². The van der Waals surface area contributed by atoms with Gasteiger partial charge in [0.15, 0.2) is 0 Å². The molecule has 210 valence electrons. The molecule has 0 amide bonds. The van der Waals surface area contributed by atoms with E-state index in [-0.39, 0.29) is 22.7 Å². The summed E-state index contributed by atoms with van der Waals surface area (Å²) in [4.78, 5) is 22.7. The van der Waals surface area contributed by atoms with E-state index in [1.807, 2.05) is 30.3 Å². The van der Waals surface area contributed by atoms with Gasteiger partial charge < -0.3 is 15.6 Å². The number of para-hydroxylation sites is 1. The minimum atomic E-state index is -0.978. The number of nitrogens with two attached hydrogens (primary N) is 2. The van der Waals surface area contributed by atoms with Gasteiger partial charge in [0.05, 0.1) is 33.3 Å². The monoisotopic (exact) mass is 572 g/mol. The molecule has 0 heterocycles. The third kappa shape index (κ3) is 6.30. The fourth-order valence-corrected chi connectivity index (χ4v) is 5.03. The van der Waals surface area contributed by atoms with Crippen molar-refractivity contribution in [2.75, 3.05) is 17.2 Å². The van der Waals surface area contributed by atoms with E-state index in [1.54, 1.807) is 60.7 Å². The minimum absolute atomic E-state index is 0.213. The van der Waals surface area contributed by atoms with E-state index in [4.69, 9.17) is 22.6 Å². The smallest absolute Gasteiger partial charge is 0.335 e. The second kappa shape index (κ2) is 13.2. The van der Waals surface area contributed by atoms with E-state index in [2.05, 4.69) is 5.73 Å². The van der Waals surface area contributed by atoms with E-state index in [9.17, 15) is 9.59 Å². The topological polar surface area (TPSA) is 113 Å². The van der Waals surface area contributed by atoms with Gasteiger partial charge in [-0.2, -0.15) is 5.12 Å². The van der Waals surface area contributed by atoms with Crippen molar-refractivity contribution in [2.24, 2.45) is 11.6 Å². The van der Waals surface area contributed by atoms with E-state index in [0.29, 0.717) is 35.0 Å². The van der Waals surface area contributed by atoms with Crippen molar-refractivity contribution >= 4 is 46.6 Å². The number of anilines is 3. The van der Waals surface area contributed by atoms with Gasteiger partial charge in [-0.15, -0.1) is 0 Å². The molecule has 4 aromatic carbocycles. The summed E-state index contributed by atoms with van der Waals surface area (Å²) in [5.41, 5.74) is 11.0. The van der Waals surface area contributed by atoms with Gasteiger partial charge in [0.1, 0.15) is 6.29 Å². The van der Waals surface area contributed by atoms with Crippen LogP contribution in [0.25, 0.3) is 16.8 Å². The van der Waals surface area contributed by atoms with E-state index in [1.165, 1.54) is 12.1 Å². The highest BCUT2D eigenvalue weighted by molar-refractivity contribution is 6.33. The Hall–Kier alpha value is -4.50. The Balaban J connectivity index is 0.00000189. The predicted octanol–water partition coefficient (Wildman–Crippen LogP) is 6.93. The zero-order chi connectivity index (χ0) is 29.5. The number of nitrogens with zero attached hydrogens (tertiary/aromatic N) is 2. The average Bonchev–Trinajstić information content (AvgIpc) is 3.01. The van der Waals surface area contributed by atoms with Crippen LogP contribution in [0.5, 0.6) is 0 Å². The highest BCUT2D eigenvalue weighted by Crippen LogP contribution is 2.40. The molecule has 4 aromatic rings. The Morgan fingerprint density at radius 3 is 2.15 bits per heavy atom. The molecular weight excluding hydrogens is 543 g/mol. The van der Waals surface area contributed by atoms with Crippen LogP contribution < -0.4 is 21.7 Å². The lowest BCUT2D eigenvalue weighted by Gasteiger charge is -2.31. The van der Waals surface area contributed by atoms with Gasteiger partial charge in [-0.25, -0.2) is 10.6 Å². The highest BCUT2D eigenvalue weighted by atomic mass is 35.5. The maximum Gasteiger partial charge on any atom is 0.335 e. The van der Waals surface area contributed by atoms with Gasteiger partial charge in [0.2, 0.25) is 0 Å². The molecule has 0 spiro atoms. The first-order valence-electron chi connectivity index (χ1n) is 12.9. The lowest BCUT2D eigenvalue weighted by Crippen LogP contribution is -2.32. The Morgan fingerprint density at radius 2 is 1.54 bits per heavy atom. The lowest BCUT2D eigenvalue weighted by atomic mass is 9.87. The third-order valence-electron chi connectivity index (χ3n) is 6.85. The van der Waals surface area contributed by atoms with E-state index < -0.39 is 5.97 Å². The van der Waals surface area contributed by atoms with Crippen LogP contribution in [-0.4, -0.2) is 24.4 Å². The summed E-state index contributed by atoms with van der Waals surface area (Å²) in [5.74, 6) is 5.70. The fraction of sp³-hybridized carbons (Fsp3) is 0.125. The number of allylic oxidation sites excluding steroid dienone is 1. The van der Waals surface area contributed by atoms with Crippen LogP contribution in [0.4, 0.5) is 21.5 Å². The van der Waals surface area contributed by atoms with Gasteiger partial charge in [0.25, 0.3) is 0 Å². The summed E-state index contributed by atoms with van der Waals surface area (Å²) >= 11 is 6.23. The van der Waals surface area contributed by atoms with Crippen molar-refractivity contribution in [3.8, 4) is 11.1 Å². The molecule has 1 aliphatic rings. The number of halogens is 2. The molecule has 0 fully saturated rings. The van der Waals surface area contributed by atoms with Crippen LogP contribution in [0, 0.1) is 0 Å². The summed E-state index contributed by atoms with van der Waals surface area (Å²) in [6.45, 7) is 0. The van der Waals surface area contributed by atoms with Crippen molar-refractivity contribution in [1.82, 2.24) is 0 Å². The number of carbonyl (C=O) groups is 2. The third-order valence-corrected chi connectivity index (χ3v) is 7.17. The van der Waals surface area contributed by atoms with Crippen molar-refractivity contribution in [3.63, 3.8) is 0 Å². The minimum Gasteiger partial charge on any atom is -0.478 e. The van der Waals surface area contributed by atoms with E-state index >= 15 is 4.48 Å². The number of carboxylic acid groups (broad SMARTS) is 1. The largest absolute Gasteiger partial charge is 0.478 e. The summed E-state index contributed by atoms with van der Waals surface area (Å²) in [6.07, 6.45) is 2.43. The SMILES string of the molecule is CN.NN(C1=C(CC=O)CCc2ccc(N(F)c3ccccc3Cl)cc21)c1ccc(-c2ccc(C(=O)O)cc2)cc1. The number of fused-ring (bicyclic) bond motifs is 1. The molecule has 41 heavy (non-hydrogen) atoms. The van der Waals surface area contributed by atoms with Crippen LogP contribution in [0.1, 0.15) is 34.3 Å². The Labute approximate surface area is 243 Å². The fourth-order valence-electron chi connectivity index (χ4n) is 4.82. The molecule has 0 saturated heterocycles. The molecular formula is C32H30ClFN4O3. The molecule has 5 rings (SSSR count). The second-order valence-electron chi connectivity index (χ2n) is 9.20. The normalized spacial score (nSPS) is 12.1. The maximum absolute atomic E-state index is 15.5. The van der Waals surface area contributed by atoms with Crippen LogP contribution in [0.2, 0.25) is 5.02 Å². The number of hydrogen-bond donors (Lipinski definition) is 3. The number of aromatic carboxylic acids is 1. The number of aryl methyl sites for hydroxylation is 1. The van der Waals surface area contributed by atoms with Gasteiger partial charge in [-0.05, 0) is 90.7 Å². The highest BCUT2D eigenvalue weighted by Gasteiger charge is 2.25. The molecule has 0 atom stereocenters. The van der Waals surface area contributed by atoms with Crippen LogP contribution in [0.3, 0.4) is 0 Å². The quantitative estimate of drug-likeness (QED) is 0.0908. The average molecular weight is 573 g/mol. The molecule has 7 nitrogen and oxygen atoms in total. The van der Waals surface area contributed by atoms with Crippen molar-refractivity contribution in [1.29, 1.82) is 0 Å². The standard InChI is InChI=1S/C31H25ClFN3O3.CH5N/c32-28-3-1-2-4-29(28)35(33)26-16-13-22-7-8-23(17-18-37)30(27(22)19-26)36(34)25-14-11-21(12-15-25)20-5-9-24(10-6-20)31(38)39;1-2/h1-6,9-16,18-19H,7-8,17,34H2,(H,38,39);2H2,1H3. The van der Waals surface area contributed by atoms with Crippen molar-refractivity contribution in [2.45, 2.75) is 19.3 Å². The zero-order valence-electron chi connectivity index (χ0n) is 22.4. The Bertz CT molecular complexity index is 1570. The molecule has 0 aromatic heterocycles. The molecule has 0 radical (unpaired) electrons. The van der Waals surface area contributed by atoms with E-state index in [0.717, 1.165) is 34.1 Å². The molecule has 0 bridgehead atoms. The number of carbonyl (C=O) groups excluding carboxylic acids is 1. The number of carboxylic acids is 1. The van der Waals surface area contributed by atoms with Gasteiger partial charge in [-0.3, -0.25) is 5.01 Å². The summed E-state index contributed by atoms with van der Waals surface area (Å²) < 4.78 is 15.5. The molecule has 0 saturated carbocycles. The molecule has 1 aliphatic carbocycles. The molecule has 9 heteroatoms. The Kier molecular flexibility index (Phi) is 9.52. The van der Waals surface area contributed by atoms with Gasteiger partial charge >= 0.3 is 5.97 Å². The Morgan fingerprint density at radius 1 is 0.927 bits per heavy atom. The zero-order valence-corrected chi connectivity index (χ0v) is 23.2. The number of rotatable bonds is 8. The second-order valence-corrected chi connectivity index (χ2v) is 9.60. The predicted molar refractivity (Wildman–Crippen MR) is 163 cm³/mol. The van der Waals surface area contributed by atoms with Gasteiger partial charge in [-0.1, -0.05) is 58.5 Å². The van der Waals surface area contributed by atoms with Gasteiger partial charge in [0, 0.05) is 12.0 Å². The lowest BCUT2D eigenvalue weighted by molar-refractivity contribution is -0.107. The number of aldehydes is 1.